The minimum atomic E-state index is -4.62. The molecule has 1 aromatic carbocycles. The first-order chi connectivity index (χ1) is 15.3. The molecule has 3 heterocycles. The van der Waals surface area contributed by atoms with Crippen LogP contribution in [0.2, 0.25) is 0 Å². The lowest BCUT2D eigenvalue weighted by molar-refractivity contribution is -0.142. The Morgan fingerprint density at radius 3 is 2.75 bits per heavy atom. The van der Waals surface area contributed by atoms with Gasteiger partial charge in [0.25, 0.3) is 5.91 Å². The zero-order valence-electron chi connectivity index (χ0n) is 17.0. The van der Waals surface area contributed by atoms with E-state index in [4.69, 9.17) is 0 Å². The number of carbonyl (C=O) groups is 1. The van der Waals surface area contributed by atoms with Gasteiger partial charge in [-0.15, -0.1) is 5.10 Å². The first-order valence-corrected chi connectivity index (χ1v) is 10.0. The maximum atomic E-state index is 13.5. The monoisotopic (exact) mass is 441 g/mol. The second kappa shape index (κ2) is 7.43. The number of rotatable bonds is 5. The van der Waals surface area contributed by atoms with Gasteiger partial charge in [0.15, 0.2) is 5.65 Å². The Kier molecular flexibility index (Phi) is 4.68. The summed E-state index contributed by atoms with van der Waals surface area (Å²) in [5, 5.41) is 10.5. The van der Waals surface area contributed by atoms with E-state index in [9.17, 15) is 18.0 Å². The van der Waals surface area contributed by atoms with Crippen molar-refractivity contribution in [3.05, 3.63) is 70.9 Å². The number of carbonyl (C=O) groups excluding carboxylic acids is 1. The molecule has 5 rings (SSSR count). The Bertz CT molecular complexity index is 1320. The summed E-state index contributed by atoms with van der Waals surface area (Å²) in [4.78, 5) is 21.2. The van der Waals surface area contributed by atoms with E-state index < -0.39 is 17.8 Å². The first-order valence-electron chi connectivity index (χ1n) is 10.0. The number of alkyl halides is 3. The Morgan fingerprint density at radius 2 is 2.03 bits per heavy atom. The van der Waals surface area contributed by atoms with E-state index in [1.807, 2.05) is 31.2 Å². The zero-order chi connectivity index (χ0) is 22.5. The number of fused-ring (bicyclic) bond motifs is 1. The maximum absolute atomic E-state index is 13.5. The number of amides is 1. The summed E-state index contributed by atoms with van der Waals surface area (Å²) in [6.45, 7) is 2.45. The van der Waals surface area contributed by atoms with Gasteiger partial charge in [-0.3, -0.25) is 10.1 Å². The van der Waals surface area contributed by atoms with E-state index in [0.29, 0.717) is 16.8 Å². The van der Waals surface area contributed by atoms with Crippen LogP contribution in [0.1, 0.15) is 51.6 Å². The SMILES string of the molecule is Cc1ccccc1Cn1cnc(NC(=O)c2cnn3c(C(F)(F)F)cc(C4CC4)nc23)n1. The fraction of sp³-hybridized carbons (Fsp3) is 0.286. The molecule has 0 spiro atoms. The van der Waals surface area contributed by atoms with Gasteiger partial charge in [-0.25, -0.2) is 19.2 Å². The van der Waals surface area contributed by atoms with Gasteiger partial charge in [-0.05, 0) is 37.0 Å². The average molecular weight is 441 g/mol. The van der Waals surface area contributed by atoms with Crippen molar-refractivity contribution in [2.45, 2.75) is 38.4 Å². The summed E-state index contributed by atoms with van der Waals surface area (Å²) >= 11 is 0. The lowest BCUT2D eigenvalue weighted by Crippen LogP contribution is -2.17. The third-order valence-corrected chi connectivity index (χ3v) is 5.38. The molecule has 8 nitrogen and oxygen atoms in total. The Hall–Kier alpha value is -3.76. The lowest BCUT2D eigenvalue weighted by atomic mass is 10.1. The molecule has 11 heteroatoms. The minimum absolute atomic E-state index is 0.0225. The van der Waals surface area contributed by atoms with Crippen LogP contribution in [0.15, 0.2) is 42.9 Å². The summed E-state index contributed by atoms with van der Waals surface area (Å²) in [6, 6.07) is 8.82. The molecule has 0 bridgehead atoms. The molecule has 1 aliphatic carbocycles. The molecule has 3 aromatic heterocycles. The predicted octanol–water partition coefficient (Wildman–Crippen LogP) is 3.83. The number of benzene rings is 1. The zero-order valence-corrected chi connectivity index (χ0v) is 17.0. The summed E-state index contributed by atoms with van der Waals surface area (Å²) < 4.78 is 42.8. The van der Waals surface area contributed by atoms with Crippen LogP contribution >= 0.6 is 0 Å². The van der Waals surface area contributed by atoms with Crippen LogP contribution in [-0.4, -0.2) is 35.3 Å². The van der Waals surface area contributed by atoms with Crippen LogP contribution in [-0.2, 0) is 12.7 Å². The van der Waals surface area contributed by atoms with Crippen molar-refractivity contribution in [1.29, 1.82) is 0 Å². The number of halogens is 3. The number of hydrogen-bond acceptors (Lipinski definition) is 5. The Morgan fingerprint density at radius 1 is 1.25 bits per heavy atom. The van der Waals surface area contributed by atoms with Crippen molar-refractivity contribution in [3.8, 4) is 0 Å². The summed E-state index contributed by atoms with van der Waals surface area (Å²) in [5.74, 6) is -0.662. The molecule has 0 radical (unpaired) electrons. The topological polar surface area (TPSA) is 90.0 Å². The largest absolute Gasteiger partial charge is 0.433 e. The van der Waals surface area contributed by atoms with Crippen LogP contribution < -0.4 is 5.32 Å². The van der Waals surface area contributed by atoms with Gasteiger partial charge >= 0.3 is 6.18 Å². The molecule has 1 fully saturated rings. The Balaban J connectivity index is 1.42. The maximum Gasteiger partial charge on any atom is 0.433 e. The fourth-order valence-electron chi connectivity index (χ4n) is 3.49. The average Bonchev–Trinajstić information content (AvgIpc) is 3.36. The van der Waals surface area contributed by atoms with E-state index in [2.05, 4.69) is 25.5 Å². The van der Waals surface area contributed by atoms with E-state index in [0.717, 1.165) is 36.2 Å². The molecule has 1 N–H and O–H groups in total. The van der Waals surface area contributed by atoms with Crippen molar-refractivity contribution in [3.63, 3.8) is 0 Å². The van der Waals surface area contributed by atoms with Crippen molar-refractivity contribution >= 4 is 17.5 Å². The number of anilines is 1. The standard InChI is InChI=1S/C21H18F3N7O/c1-12-4-2-3-5-14(12)10-30-11-25-20(29-30)28-19(32)15-9-26-31-17(21(22,23)24)8-16(13-6-7-13)27-18(15)31/h2-5,8-9,11,13H,6-7,10H2,1H3,(H,28,29,32). The van der Waals surface area contributed by atoms with Gasteiger partial charge in [0, 0.05) is 11.6 Å². The third-order valence-electron chi connectivity index (χ3n) is 5.38. The Labute approximate surface area is 180 Å². The van der Waals surface area contributed by atoms with E-state index in [1.165, 1.54) is 6.33 Å². The number of hydrogen-bond donors (Lipinski definition) is 1. The molecule has 32 heavy (non-hydrogen) atoms. The number of aryl methyl sites for hydroxylation is 1. The second-order valence-corrected chi connectivity index (χ2v) is 7.78. The molecule has 0 saturated heterocycles. The van der Waals surface area contributed by atoms with Crippen molar-refractivity contribution < 1.29 is 18.0 Å². The van der Waals surface area contributed by atoms with Gasteiger partial charge in [-0.1, -0.05) is 24.3 Å². The van der Waals surface area contributed by atoms with Crippen molar-refractivity contribution in [1.82, 2.24) is 29.4 Å². The second-order valence-electron chi connectivity index (χ2n) is 7.78. The van der Waals surface area contributed by atoms with Crippen molar-refractivity contribution in [2.75, 3.05) is 5.32 Å². The normalized spacial score (nSPS) is 14.1. The van der Waals surface area contributed by atoms with Crippen LogP contribution in [0.4, 0.5) is 19.1 Å². The lowest BCUT2D eigenvalue weighted by Gasteiger charge is -2.11. The molecular weight excluding hydrogens is 423 g/mol. The highest BCUT2D eigenvalue weighted by atomic mass is 19.4. The third kappa shape index (κ3) is 3.81. The molecule has 1 amide bonds. The molecule has 164 valence electrons. The van der Waals surface area contributed by atoms with E-state index >= 15 is 0 Å². The highest BCUT2D eigenvalue weighted by Gasteiger charge is 2.38. The van der Waals surface area contributed by atoms with Crippen LogP contribution in [0, 0.1) is 6.92 Å². The van der Waals surface area contributed by atoms with E-state index in [-0.39, 0.29) is 23.1 Å². The van der Waals surface area contributed by atoms with Crippen molar-refractivity contribution in [2.24, 2.45) is 0 Å². The van der Waals surface area contributed by atoms with Crippen LogP contribution in [0.3, 0.4) is 0 Å². The van der Waals surface area contributed by atoms with Gasteiger partial charge in [0.2, 0.25) is 5.95 Å². The molecule has 0 atom stereocenters. The quantitative estimate of drug-likeness (QED) is 0.509. The molecule has 1 aliphatic rings. The molecule has 0 unspecified atom stereocenters. The highest BCUT2D eigenvalue weighted by molar-refractivity contribution is 6.07. The smallest absolute Gasteiger partial charge is 0.289 e. The van der Waals surface area contributed by atoms with Crippen LogP contribution in [0.5, 0.6) is 0 Å². The summed E-state index contributed by atoms with van der Waals surface area (Å²) in [7, 11) is 0. The molecule has 0 aliphatic heterocycles. The van der Waals surface area contributed by atoms with Gasteiger partial charge < -0.3 is 0 Å². The predicted molar refractivity (Wildman–Crippen MR) is 108 cm³/mol. The highest BCUT2D eigenvalue weighted by Crippen LogP contribution is 2.41. The van der Waals surface area contributed by atoms with Gasteiger partial charge in [-0.2, -0.15) is 18.3 Å². The molecule has 4 aromatic rings. The number of aromatic nitrogens is 6. The first kappa shape index (κ1) is 20.2. The number of nitrogens with one attached hydrogen (secondary N) is 1. The van der Waals surface area contributed by atoms with Crippen LogP contribution in [0.25, 0.3) is 5.65 Å². The molecule has 1 saturated carbocycles. The molecular formula is C21H18F3N7O. The fourth-order valence-corrected chi connectivity index (χ4v) is 3.49. The minimum Gasteiger partial charge on any atom is -0.289 e. The van der Waals surface area contributed by atoms with Gasteiger partial charge in [0.1, 0.15) is 17.6 Å². The summed E-state index contributed by atoms with van der Waals surface area (Å²) in [6.07, 6.45) is -0.519. The van der Waals surface area contributed by atoms with Gasteiger partial charge in [0.05, 0.1) is 12.7 Å². The summed E-state index contributed by atoms with van der Waals surface area (Å²) in [5.41, 5.74) is 1.29. The number of nitrogens with zero attached hydrogens (tertiary/aromatic N) is 6. The van der Waals surface area contributed by atoms with E-state index in [1.54, 1.807) is 4.68 Å².